The van der Waals surface area contributed by atoms with E-state index >= 15 is 0 Å². The molecule has 0 amide bonds. The molecule has 10 heteroatoms. The zero-order chi connectivity index (χ0) is 14.0. The molecule has 1 aromatic carbocycles. The molecule has 0 aliphatic carbocycles. The summed E-state index contributed by atoms with van der Waals surface area (Å²) < 4.78 is 54.6. The molecule has 0 saturated carbocycles. The molecule has 8 nitrogen and oxygen atoms in total. The molecule has 0 radical (unpaired) electrons. The third-order valence-corrected chi connectivity index (χ3v) is 4.09. The molecule has 1 aromatic rings. The summed E-state index contributed by atoms with van der Waals surface area (Å²) in [5.41, 5.74) is 5.92. The smallest absolute Gasteiger partial charge is 0.399 e. The summed E-state index contributed by atoms with van der Waals surface area (Å²) in [5, 5.41) is 9.59. The van der Waals surface area contributed by atoms with Crippen molar-refractivity contribution in [1.29, 1.82) is 0 Å². The van der Waals surface area contributed by atoms with Gasteiger partial charge >= 0.3 is 10.4 Å². The molecular formula is C8H11NO7S2. The lowest BCUT2D eigenvalue weighted by atomic mass is 10.1. The molecule has 4 N–H and O–H groups in total. The van der Waals surface area contributed by atoms with Gasteiger partial charge in [0.25, 0.3) is 10.1 Å². The molecule has 0 saturated heterocycles. The van der Waals surface area contributed by atoms with Gasteiger partial charge in [0.05, 0.1) is 6.10 Å². The minimum Gasteiger partial charge on any atom is -0.399 e. The van der Waals surface area contributed by atoms with Gasteiger partial charge in [-0.3, -0.25) is 4.55 Å². The summed E-state index contributed by atoms with van der Waals surface area (Å²) in [6.07, 6.45) is -1.53. The number of anilines is 1. The van der Waals surface area contributed by atoms with E-state index in [1.54, 1.807) is 0 Å². The number of hydrogen-bond acceptors (Lipinski definition) is 7. The standard InChI is InChI=1S/C8H11NO7S2/c9-7-3-1-2-6(4-7)8(10)5-17(11,12)16-18(13,14)15/h1-4,8,10H,5,9H2,(H,13,14,15). The fraction of sp³-hybridized carbons (Fsp3) is 0.250. The molecule has 1 rings (SSSR count). The van der Waals surface area contributed by atoms with E-state index in [0.29, 0.717) is 5.69 Å². The third kappa shape index (κ3) is 4.98. The lowest BCUT2D eigenvalue weighted by Crippen LogP contribution is -2.20. The van der Waals surface area contributed by atoms with Crippen molar-refractivity contribution in [2.24, 2.45) is 0 Å². The summed E-state index contributed by atoms with van der Waals surface area (Å²) >= 11 is 0. The van der Waals surface area contributed by atoms with Gasteiger partial charge in [0.2, 0.25) is 0 Å². The van der Waals surface area contributed by atoms with E-state index in [9.17, 15) is 21.9 Å². The van der Waals surface area contributed by atoms with E-state index in [4.69, 9.17) is 10.3 Å². The van der Waals surface area contributed by atoms with Gasteiger partial charge in [-0.1, -0.05) is 12.1 Å². The van der Waals surface area contributed by atoms with Gasteiger partial charge in [0.15, 0.2) is 0 Å². The largest absolute Gasteiger partial charge is 0.412 e. The van der Waals surface area contributed by atoms with Crippen LogP contribution in [-0.4, -0.2) is 32.2 Å². The highest BCUT2D eigenvalue weighted by atomic mass is 32.3. The Morgan fingerprint density at radius 1 is 1.28 bits per heavy atom. The van der Waals surface area contributed by atoms with Crippen LogP contribution in [0.1, 0.15) is 11.7 Å². The normalized spacial score (nSPS) is 14.3. The van der Waals surface area contributed by atoms with Crippen LogP contribution >= 0.6 is 0 Å². The highest BCUT2D eigenvalue weighted by molar-refractivity contribution is 7.97. The van der Waals surface area contributed by atoms with Gasteiger partial charge < -0.3 is 10.8 Å². The van der Waals surface area contributed by atoms with Crippen LogP contribution in [0.15, 0.2) is 24.3 Å². The van der Waals surface area contributed by atoms with Gasteiger partial charge in [-0.15, -0.1) is 3.63 Å². The van der Waals surface area contributed by atoms with E-state index in [2.05, 4.69) is 3.63 Å². The van der Waals surface area contributed by atoms with E-state index in [1.807, 2.05) is 0 Å². The van der Waals surface area contributed by atoms with Crippen molar-refractivity contribution in [2.45, 2.75) is 6.10 Å². The van der Waals surface area contributed by atoms with Crippen LogP contribution < -0.4 is 5.73 Å². The minimum atomic E-state index is -5.14. The highest BCUT2D eigenvalue weighted by Gasteiger charge is 2.25. The average Bonchev–Trinajstić information content (AvgIpc) is 2.12. The second-order valence-corrected chi connectivity index (χ2v) is 6.25. The lowest BCUT2D eigenvalue weighted by molar-refractivity contribution is 0.199. The topological polar surface area (TPSA) is 144 Å². The first kappa shape index (κ1) is 14.9. The van der Waals surface area contributed by atoms with Gasteiger partial charge in [-0.25, -0.2) is 0 Å². The van der Waals surface area contributed by atoms with Gasteiger partial charge in [0, 0.05) is 5.69 Å². The Kier molecular flexibility index (Phi) is 4.29. The van der Waals surface area contributed by atoms with E-state index in [-0.39, 0.29) is 5.56 Å². The zero-order valence-corrected chi connectivity index (χ0v) is 10.6. The Morgan fingerprint density at radius 2 is 1.89 bits per heavy atom. The number of nitrogens with two attached hydrogens (primary N) is 1. The number of nitrogen functional groups attached to an aromatic ring is 1. The number of benzene rings is 1. The average molecular weight is 297 g/mol. The van der Waals surface area contributed by atoms with Crippen molar-refractivity contribution in [1.82, 2.24) is 0 Å². The van der Waals surface area contributed by atoms with Crippen LogP contribution in [0.25, 0.3) is 0 Å². The first-order chi connectivity index (χ1) is 8.09. The predicted molar refractivity (Wildman–Crippen MR) is 62.2 cm³/mol. The monoisotopic (exact) mass is 297 g/mol. The highest BCUT2D eigenvalue weighted by Crippen LogP contribution is 2.18. The summed E-state index contributed by atoms with van der Waals surface area (Å²) in [5.74, 6) is -1.03. The Bertz CT molecular complexity index is 623. The molecule has 0 aromatic heterocycles. The Labute approximate surface area is 104 Å². The molecule has 0 spiro atoms. The van der Waals surface area contributed by atoms with Crippen molar-refractivity contribution in [3.05, 3.63) is 29.8 Å². The molecule has 0 heterocycles. The van der Waals surface area contributed by atoms with Crippen LogP contribution in [0.2, 0.25) is 0 Å². The molecule has 0 bridgehead atoms. The molecule has 0 fully saturated rings. The first-order valence-electron chi connectivity index (χ1n) is 4.54. The molecule has 1 atom stereocenters. The van der Waals surface area contributed by atoms with Crippen molar-refractivity contribution in [3.8, 4) is 0 Å². The Hall–Kier alpha value is -1.20. The minimum absolute atomic E-state index is 0.178. The third-order valence-electron chi connectivity index (χ3n) is 1.85. The second kappa shape index (κ2) is 5.20. The molecule has 18 heavy (non-hydrogen) atoms. The first-order valence-corrected chi connectivity index (χ1v) is 7.48. The van der Waals surface area contributed by atoms with Crippen molar-refractivity contribution in [2.75, 3.05) is 11.5 Å². The lowest BCUT2D eigenvalue weighted by Gasteiger charge is -2.10. The molecule has 1 unspecified atom stereocenters. The van der Waals surface area contributed by atoms with Gasteiger partial charge in [-0.05, 0) is 17.7 Å². The van der Waals surface area contributed by atoms with Crippen LogP contribution in [0.3, 0.4) is 0 Å². The van der Waals surface area contributed by atoms with Crippen molar-refractivity contribution >= 4 is 26.2 Å². The quantitative estimate of drug-likeness (QED) is 0.485. The van der Waals surface area contributed by atoms with Crippen molar-refractivity contribution < 1.29 is 30.1 Å². The van der Waals surface area contributed by atoms with Crippen LogP contribution in [0.4, 0.5) is 5.69 Å². The van der Waals surface area contributed by atoms with Crippen LogP contribution in [0.5, 0.6) is 0 Å². The maximum Gasteiger partial charge on any atom is 0.412 e. The molecule has 102 valence electrons. The SMILES string of the molecule is Nc1cccc(C(O)CS(=O)(=O)OS(=O)(=O)O)c1. The number of aliphatic hydroxyl groups is 1. The van der Waals surface area contributed by atoms with E-state index in [1.165, 1.54) is 24.3 Å². The summed E-state index contributed by atoms with van der Waals surface area (Å²) in [6, 6.07) is 5.75. The van der Waals surface area contributed by atoms with E-state index < -0.39 is 32.4 Å². The zero-order valence-electron chi connectivity index (χ0n) is 8.92. The van der Waals surface area contributed by atoms with Crippen molar-refractivity contribution in [3.63, 3.8) is 0 Å². The van der Waals surface area contributed by atoms with Crippen LogP contribution in [-0.2, 0) is 24.1 Å². The van der Waals surface area contributed by atoms with E-state index in [0.717, 1.165) is 0 Å². The second-order valence-electron chi connectivity index (χ2n) is 3.41. The Morgan fingerprint density at radius 3 is 2.39 bits per heavy atom. The molecular weight excluding hydrogens is 286 g/mol. The molecule has 0 aliphatic heterocycles. The van der Waals surface area contributed by atoms with Crippen LogP contribution in [0, 0.1) is 0 Å². The maximum atomic E-state index is 11.2. The summed E-state index contributed by atoms with van der Waals surface area (Å²) in [4.78, 5) is 0. The van der Waals surface area contributed by atoms with Gasteiger partial charge in [0.1, 0.15) is 5.75 Å². The molecule has 0 aliphatic rings. The summed E-state index contributed by atoms with van der Waals surface area (Å²) in [6.45, 7) is 0. The number of hydrogen-bond donors (Lipinski definition) is 3. The number of aliphatic hydroxyl groups excluding tert-OH is 1. The van der Waals surface area contributed by atoms with Gasteiger partial charge in [-0.2, -0.15) is 16.8 Å². The fourth-order valence-corrected chi connectivity index (χ4v) is 3.06. The fourth-order valence-electron chi connectivity index (χ4n) is 1.21. The maximum absolute atomic E-state index is 11.2. The number of rotatable bonds is 5. The predicted octanol–water partition coefficient (Wildman–Crippen LogP) is -0.549. The summed E-state index contributed by atoms with van der Waals surface area (Å²) in [7, 11) is -9.77. The Balaban J connectivity index is 2.85.